The fourth-order valence-corrected chi connectivity index (χ4v) is 3.54. The number of hydrogen-bond acceptors (Lipinski definition) is 8. The molecule has 39 heavy (non-hydrogen) atoms. The molecular weight excluding hydrogens is 500 g/mol. The predicted molar refractivity (Wildman–Crippen MR) is 151 cm³/mol. The van der Waals surface area contributed by atoms with E-state index in [9.17, 15) is 9.59 Å². The van der Waals surface area contributed by atoms with E-state index in [1.54, 1.807) is 24.9 Å². The molecule has 4 rings (SSSR count). The Hall–Kier alpha value is -3.75. The van der Waals surface area contributed by atoms with E-state index in [4.69, 9.17) is 23.2 Å². The van der Waals surface area contributed by atoms with Gasteiger partial charge in [0.05, 0.1) is 52.6 Å². The van der Waals surface area contributed by atoms with Crippen molar-refractivity contribution in [1.29, 1.82) is 0 Å². The van der Waals surface area contributed by atoms with Crippen molar-refractivity contribution in [2.24, 2.45) is 0 Å². The number of para-hydroxylation sites is 1. The lowest BCUT2D eigenvalue weighted by atomic mass is 10.1. The number of benzene rings is 1. The summed E-state index contributed by atoms with van der Waals surface area (Å²) in [6, 6.07) is 7.39. The Morgan fingerprint density at radius 3 is 1.92 bits per heavy atom. The number of aromatic nitrogens is 1. The number of amides is 1. The number of carbonyl (C=O) groups excluding carboxylic acids is 1. The van der Waals surface area contributed by atoms with Crippen LogP contribution in [0.25, 0.3) is 11.0 Å². The Morgan fingerprint density at radius 2 is 1.44 bits per heavy atom. The summed E-state index contributed by atoms with van der Waals surface area (Å²) in [5, 5.41) is 4.61. The zero-order valence-corrected chi connectivity index (χ0v) is 25.0. The van der Waals surface area contributed by atoms with Gasteiger partial charge in [0.1, 0.15) is 17.1 Å². The van der Waals surface area contributed by atoms with E-state index >= 15 is 0 Å². The standard InChI is InChI=1S/C13H14O3.C9H15NO2.C8H13NO2/c1-8(2)15-12-9(3)13(14)16-11-7-5-4-6-10(11)12;1-6(2)12-8-5-10(4)9(11)7(8)3;1-5(2)10-8-6(3)7(4)9-11-8/h4-8H,1-3H3;6H,5H2,1-4H3;5H,1-4H3. The molecule has 1 amide bonds. The highest BCUT2D eigenvalue weighted by molar-refractivity contribution is 5.95. The Bertz CT molecular complexity index is 1350. The average Bonchev–Trinajstić information content (AvgIpc) is 3.29. The molecule has 3 aromatic rings. The summed E-state index contributed by atoms with van der Waals surface area (Å²) in [7, 11) is 1.78. The molecule has 0 spiro atoms. The lowest BCUT2D eigenvalue weighted by molar-refractivity contribution is -0.124. The van der Waals surface area contributed by atoms with Crippen molar-refractivity contribution in [2.75, 3.05) is 13.6 Å². The highest BCUT2D eigenvalue weighted by Crippen LogP contribution is 2.27. The van der Waals surface area contributed by atoms with E-state index in [0.717, 1.165) is 28.0 Å². The summed E-state index contributed by atoms with van der Waals surface area (Å²) in [6.07, 6.45) is 0.319. The molecule has 0 N–H and O–H groups in total. The molecule has 3 heterocycles. The van der Waals surface area contributed by atoms with E-state index in [1.165, 1.54) is 0 Å². The number of rotatable bonds is 6. The molecule has 0 saturated carbocycles. The first-order valence-electron chi connectivity index (χ1n) is 13.1. The second-order valence-electron chi connectivity index (χ2n) is 10.2. The maximum absolute atomic E-state index is 11.6. The van der Waals surface area contributed by atoms with E-state index in [0.29, 0.717) is 29.4 Å². The van der Waals surface area contributed by atoms with Gasteiger partial charge in [0, 0.05) is 7.05 Å². The predicted octanol–water partition coefficient (Wildman–Crippen LogP) is 6.12. The summed E-state index contributed by atoms with van der Waals surface area (Å²) >= 11 is 0. The minimum Gasteiger partial charge on any atom is -0.493 e. The maximum Gasteiger partial charge on any atom is 0.342 e. The smallest absolute Gasteiger partial charge is 0.342 e. The van der Waals surface area contributed by atoms with Crippen molar-refractivity contribution >= 4 is 16.9 Å². The van der Waals surface area contributed by atoms with E-state index < -0.39 is 0 Å². The van der Waals surface area contributed by atoms with Gasteiger partial charge in [-0.05, 0) is 81.4 Å². The van der Waals surface area contributed by atoms with Crippen LogP contribution >= 0.6 is 0 Å². The third-order valence-electron chi connectivity index (χ3n) is 5.64. The minimum absolute atomic E-state index is 0.0314. The Kier molecular flexibility index (Phi) is 11.2. The van der Waals surface area contributed by atoms with Crippen molar-refractivity contribution < 1.29 is 27.9 Å². The molecule has 0 saturated heterocycles. The Balaban J connectivity index is 0.000000210. The summed E-state index contributed by atoms with van der Waals surface area (Å²) in [5.41, 5.74) is 3.36. The van der Waals surface area contributed by atoms with Crippen molar-refractivity contribution in [3.05, 3.63) is 62.8 Å². The topological polar surface area (TPSA) is 104 Å². The molecule has 1 aromatic carbocycles. The minimum atomic E-state index is -0.339. The summed E-state index contributed by atoms with van der Waals surface area (Å²) in [5.74, 6) is 2.06. The van der Waals surface area contributed by atoms with Gasteiger partial charge in [0.15, 0.2) is 0 Å². The Morgan fingerprint density at radius 1 is 0.846 bits per heavy atom. The number of fused-ring (bicyclic) bond motifs is 1. The molecule has 9 heteroatoms. The van der Waals surface area contributed by atoms with Gasteiger partial charge in [-0.15, -0.1) is 0 Å². The number of hydrogen-bond donors (Lipinski definition) is 0. The lowest BCUT2D eigenvalue weighted by Crippen LogP contribution is -2.21. The molecule has 2 aromatic heterocycles. The van der Waals surface area contributed by atoms with Crippen LogP contribution < -0.4 is 15.1 Å². The first-order chi connectivity index (χ1) is 18.2. The van der Waals surface area contributed by atoms with Gasteiger partial charge in [-0.1, -0.05) is 17.3 Å². The van der Waals surface area contributed by atoms with Crippen LogP contribution in [0.5, 0.6) is 11.7 Å². The van der Waals surface area contributed by atoms with Crippen LogP contribution in [-0.2, 0) is 9.53 Å². The molecule has 0 bridgehead atoms. The van der Waals surface area contributed by atoms with Crippen LogP contribution in [0.3, 0.4) is 0 Å². The average molecular weight is 543 g/mol. The van der Waals surface area contributed by atoms with Crippen LogP contribution in [0.4, 0.5) is 0 Å². The quantitative estimate of drug-likeness (QED) is 0.343. The van der Waals surface area contributed by atoms with Crippen molar-refractivity contribution in [2.45, 2.75) is 87.5 Å². The normalized spacial score (nSPS) is 13.1. The van der Waals surface area contributed by atoms with Crippen LogP contribution in [0, 0.1) is 20.8 Å². The van der Waals surface area contributed by atoms with E-state index in [1.807, 2.05) is 80.5 Å². The third kappa shape index (κ3) is 8.63. The molecule has 214 valence electrons. The van der Waals surface area contributed by atoms with Crippen LogP contribution in [0.2, 0.25) is 0 Å². The van der Waals surface area contributed by atoms with E-state index in [2.05, 4.69) is 5.16 Å². The summed E-state index contributed by atoms with van der Waals surface area (Å²) < 4.78 is 26.6. The van der Waals surface area contributed by atoms with E-state index in [-0.39, 0.29) is 29.8 Å². The second-order valence-corrected chi connectivity index (χ2v) is 10.2. The number of likely N-dealkylation sites (N-methyl/N-ethyl adjacent to an activating group) is 1. The first-order valence-corrected chi connectivity index (χ1v) is 13.1. The van der Waals surface area contributed by atoms with Crippen molar-refractivity contribution in [1.82, 2.24) is 10.1 Å². The summed E-state index contributed by atoms with van der Waals surface area (Å²) in [4.78, 5) is 24.5. The van der Waals surface area contributed by atoms with Gasteiger partial charge in [-0.2, -0.15) is 0 Å². The fourth-order valence-electron chi connectivity index (χ4n) is 3.54. The second kappa shape index (κ2) is 13.9. The molecular formula is C30H42N2O7. The highest BCUT2D eigenvalue weighted by atomic mass is 16.6. The third-order valence-corrected chi connectivity index (χ3v) is 5.64. The van der Waals surface area contributed by atoms with Crippen molar-refractivity contribution in [3.8, 4) is 11.7 Å². The van der Waals surface area contributed by atoms with Crippen molar-refractivity contribution in [3.63, 3.8) is 0 Å². The molecule has 0 atom stereocenters. The van der Waals surface area contributed by atoms with Gasteiger partial charge >= 0.3 is 11.6 Å². The number of carbonyl (C=O) groups is 1. The number of ether oxygens (including phenoxy) is 3. The highest BCUT2D eigenvalue weighted by Gasteiger charge is 2.25. The van der Waals surface area contributed by atoms with Gasteiger partial charge in [0.2, 0.25) is 0 Å². The van der Waals surface area contributed by atoms with Crippen LogP contribution in [0.1, 0.15) is 65.3 Å². The van der Waals surface area contributed by atoms with Gasteiger partial charge in [-0.25, -0.2) is 4.79 Å². The molecule has 1 aliphatic heterocycles. The van der Waals surface area contributed by atoms with Crippen LogP contribution in [0.15, 0.2) is 49.3 Å². The lowest BCUT2D eigenvalue weighted by Gasteiger charge is -2.13. The van der Waals surface area contributed by atoms with Crippen LogP contribution in [-0.4, -0.2) is 47.9 Å². The zero-order valence-electron chi connectivity index (χ0n) is 25.0. The monoisotopic (exact) mass is 542 g/mol. The fraction of sp³-hybridized carbons (Fsp3) is 0.500. The Labute approximate surface area is 230 Å². The zero-order chi connectivity index (χ0) is 29.4. The number of aryl methyl sites for hydroxylation is 1. The first kappa shape index (κ1) is 31.5. The molecule has 1 aliphatic rings. The van der Waals surface area contributed by atoms with Gasteiger partial charge in [0.25, 0.3) is 5.91 Å². The number of nitrogens with zero attached hydrogens (tertiary/aromatic N) is 2. The molecule has 0 radical (unpaired) electrons. The molecule has 0 aliphatic carbocycles. The van der Waals surface area contributed by atoms with Gasteiger partial charge < -0.3 is 28.1 Å². The summed E-state index contributed by atoms with van der Waals surface area (Å²) in [6.45, 7) is 19.7. The SMILES string of the molecule is CC1=C(OC(C)C)CN(C)C1=O.Cc1c(OC(C)C)c2ccccc2oc1=O.Cc1noc(OC(C)C)c1C. The molecule has 0 unspecified atom stereocenters. The maximum atomic E-state index is 11.6. The molecule has 9 nitrogen and oxygen atoms in total. The molecule has 0 fully saturated rings. The largest absolute Gasteiger partial charge is 0.493 e. The van der Waals surface area contributed by atoms with Gasteiger partial charge in [-0.3, -0.25) is 4.79 Å².